The molecule has 0 bridgehead atoms. The van der Waals surface area contributed by atoms with Crippen molar-refractivity contribution in [3.8, 4) is 5.75 Å². The third kappa shape index (κ3) is 2.74. The van der Waals surface area contributed by atoms with E-state index in [1.807, 2.05) is 0 Å². The standard InChI is InChI=1S/C5H4BBr2NO3/c7-4-2-1-3(5(8)9-4)12-6(10)11/h1-2,10-11H. The average Bonchev–Trinajstić information content (AvgIpc) is 1.94. The summed E-state index contributed by atoms with van der Waals surface area (Å²) in [4.78, 5) is 3.91. The average molecular weight is 297 g/mol. The summed E-state index contributed by atoms with van der Waals surface area (Å²) in [6, 6.07) is 3.18. The quantitative estimate of drug-likeness (QED) is 0.630. The molecule has 2 N–H and O–H groups in total. The molecule has 64 valence electrons. The largest absolute Gasteiger partial charge is 0.707 e. The number of aromatic nitrogens is 1. The molecule has 12 heavy (non-hydrogen) atoms. The van der Waals surface area contributed by atoms with E-state index >= 15 is 0 Å². The van der Waals surface area contributed by atoms with Gasteiger partial charge in [0.25, 0.3) is 0 Å². The zero-order valence-electron chi connectivity index (χ0n) is 5.74. The van der Waals surface area contributed by atoms with E-state index in [0.717, 1.165) is 0 Å². The van der Waals surface area contributed by atoms with Gasteiger partial charge in [-0.15, -0.1) is 0 Å². The van der Waals surface area contributed by atoms with Crippen LogP contribution in [0.2, 0.25) is 0 Å². The first kappa shape index (κ1) is 9.98. The zero-order valence-corrected chi connectivity index (χ0v) is 8.91. The molecule has 1 aromatic rings. The Morgan fingerprint density at radius 2 is 2.00 bits per heavy atom. The molecule has 0 atom stereocenters. The van der Waals surface area contributed by atoms with Gasteiger partial charge in [0.2, 0.25) is 0 Å². The number of hydrogen-bond acceptors (Lipinski definition) is 4. The van der Waals surface area contributed by atoms with E-state index in [1.54, 1.807) is 12.1 Å². The van der Waals surface area contributed by atoms with Gasteiger partial charge < -0.3 is 14.7 Å². The number of rotatable bonds is 2. The van der Waals surface area contributed by atoms with Crippen molar-refractivity contribution in [2.45, 2.75) is 0 Å². The molecule has 4 nitrogen and oxygen atoms in total. The fourth-order valence-electron chi connectivity index (χ4n) is 0.601. The molecule has 0 aromatic carbocycles. The highest BCUT2D eigenvalue weighted by molar-refractivity contribution is 9.11. The molecule has 1 heterocycles. The summed E-state index contributed by atoms with van der Waals surface area (Å²) in [5.74, 6) is 0.271. The smallest absolute Gasteiger partial charge is 0.510 e. The predicted octanol–water partition coefficient (Wildman–Crippen LogP) is 0.955. The molecule has 0 aliphatic rings. The van der Waals surface area contributed by atoms with E-state index in [2.05, 4.69) is 41.5 Å². The summed E-state index contributed by atoms with van der Waals surface area (Å²) in [6.07, 6.45) is 0. The topological polar surface area (TPSA) is 62.6 Å². The highest BCUT2D eigenvalue weighted by Crippen LogP contribution is 2.24. The molecule has 0 saturated carbocycles. The van der Waals surface area contributed by atoms with Gasteiger partial charge in [-0.05, 0) is 44.0 Å². The molecule has 0 aliphatic heterocycles. The minimum atomic E-state index is -1.83. The fraction of sp³-hybridized carbons (Fsp3) is 0. The van der Waals surface area contributed by atoms with Gasteiger partial charge in [0, 0.05) is 0 Å². The van der Waals surface area contributed by atoms with Crippen molar-refractivity contribution in [2.24, 2.45) is 0 Å². The van der Waals surface area contributed by atoms with Gasteiger partial charge >= 0.3 is 7.32 Å². The molecule has 1 aromatic heterocycles. The number of pyridine rings is 1. The van der Waals surface area contributed by atoms with Crippen LogP contribution < -0.4 is 4.65 Å². The van der Waals surface area contributed by atoms with Crippen LogP contribution in [0.1, 0.15) is 0 Å². The van der Waals surface area contributed by atoms with Crippen LogP contribution in [0, 0.1) is 0 Å². The summed E-state index contributed by atoms with van der Waals surface area (Å²) >= 11 is 6.23. The molecular weight excluding hydrogens is 293 g/mol. The maximum atomic E-state index is 8.47. The van der Waals surface area contributed by atoms with Crippen LogP contribution in [0.4, 0.5) is 0 Å². The third-order valence-corrected chi connectivity index (χ3v) is 2.02. The van der Waals surface area contributed by atoms with Gasteiger partial charge in [0.15, 0.2) is 0 Å². The zero-order chi connectivity index (χ0) is 9.14. The highest BCUT2D eigenvalue weighted by atomic mass is 79.9. The van der Waals surface area contributed by atoms with Crippen molar-refractivity contribution in [1.29, 1.82) is 0 Å². The molecule has 7 heteroatoms. The monoisotopic (exact) mass is 295 g/mol. The Morgan fingerprint density at radius 1 is 1.33 bits per heavy atom. The Hall–Kier alpha value is -0.105. The van der Waals surface area contributed by atoms with Crippen LogP contribution in [0.5, 0.6) is 5.75 Å². The minimum Gasteiger partial charge on any atom is -0.510 e. The van der Waals surface area contributed by atoms with E-state index in [9.17, 15) is 0 Å². The van der Waals surface area contributed by atoms with Gasteiger partial charge in [-0.3, -0.25) is 0 Å². The SMILES string of the molecule is OB(O)Oc1ccc(Br)nc1Br. The van der Waals surface area contributed by atoms with E-state index in [4.69, 9.17) is 10.0 Å². The van der Waals surface area contributed by atoms with Gasteiger partial charge in [0.1, 0.15) is 15.0 Å². The molecular formula is C5H4BBr2NO3. The van der Waals surface area contributed by atoms with Crippen molar-refractivity contribution in [2.75, 3.05) is 0 Å². The van der Waals surface area contributed by atoms with E-state index in [-0.39, 0.29) is 5.75 Å². The third-order valence-electron chi connectivity index (χ3n) is 1.01. The Kier molecular flexibility index (Phi) is 3.51. The maximum absolute atomic E-state index is 8.47. The van der Waals surface area contributed by atoms with Gasteiger partial charge in [-0.25, -0.2) is 4.98 Å². The normalized spacial score (nSPS) is 9.67. The van der Waals surface area contributed by atoms with Crippen LogP contribution in [0.15, 0.2) is 21.3 Å². The Labute approximate surface area is 86.0 Å². The van der Waals surface area contributed by atoms with Gasteiger partial charge in [-0.2, -0.15) is 0 Å². The number of nitrogens with zero attached hydrogens (tertiary/aromatic N) is 1. The van der Waals surface area contributed by atoms with Crippen LogP contribution in [0.3, 0.4) is 0 Å². The van der Waals surface area contributed by atoms with Crippen LogP contribution in [-0.4, -0.2) is 22.4 Å². The molecule has 0 spiro atoms. The summed E-state index contributed by atoms with van der Waals surface area (Å²) < 4.78 is 5.62. The lowest BCUT2D eigenvalue weighted by Gasteiger charge is -2.05. The fourth-order valence-corrected chi connectivity index (χ4v) is 1.56. The molecule has 0 saturated heterocycles. The second-order valence-electron chi connectivity index (χ2n) is 1.87. The first-order valence-electron chi connectivity index (χ1n) is 2.94. The summed E-state index contributed by atoms with van der Waals surface area (Å²) in [5, 5.41) is 16.9. The summed E-state index contributed by atoms with van der Waals surface area (Å²) in [7, 11) is -1.83. The molecule has 0 aliphatic carbocycles. The molecule has 0 amide bonds. The van der Waals surface area contributed by atoms with Gasteiger partial charge in [0.05, 0.1) is 0 Å². The lowest BCUT2D eigenvalue weighted by Crippen LogP contribution is -2.20. The first-order valence-corrected chi connectivity index (χ1v) is 4.53. The second kappa shape index (κ2) is 4.22. The highest BCUT2D eigenvalue weighted by Gasteiger charge is 2.13. The van der Waals surface area contributed by atoms with E-state index in [0.29, 0.717) is 9.21 Å². The second-order valence-corrected chi connectivity index (χ2v) is 3.43. The Morgan fingerprint density at radius 3 is 2.50 bits per heavy atom. The molecule has 1 rings (SSSR count). The van der Waals surface area contributed by atoms with E-state index < -0.39 is 7.32 Å². The van der Waals surface area contributed by atoms with Crippen molar-refractivity contribution in [3.63, 3.8) is 0 Å². The lowest BCUT2D eigenvalue weighted by atomic mass is 10.2. The lowest BCUT2D eigenvalue weighted by molar-refractivity contribution is 0.287. The van der Waals surface area contributed by atoms with Crippen molar-refractivity contribution in [3.05, 3.63) is 21.3 Å². The summed E-state index contributed by atoms with van der Waals surface area (Å²) in [5.41, 5.74) is 0. The van der Waals surface area contributed by atoms with E-state index in [1.165, 1.54) is 0 Å². The van der Waals surface area contributed by atoms with Crippen LogP contribution in [0.25, 0.3) is 0 Å². The number of halogens is 2. The van der Waals surface area contributed by atoms with Crippen molar-refractivity contribution < 1.29 is 14.7 Å². The molecule has 0 radical (unpaired) electrons. The van der Waals surface area contributed by atoms with Crippen LogP contribution >= 0.6 is 31.9 Å². The van der Waals surface area contributed by atoms with Crippen LogP contribution in [-0.2, 0) is 0 Å². The molecule has 0 unspecified atom stereocenters. The van der Waals surface area contributed by atoms with Crippen molar-refractivity contribution in [1.82, 2.24) is 4.98 Å². The van der Waals surface area contributed by atoms with Crippen molar-refractivity contribution >= 4 is 39.2 Å². The van der Waals surface area contributed by atoms with Gasteiger partial charge in [-0.1, -0.05) is 0 Å². The first-order chi connectivity index (χ1) is 5.59. The number of hydrogen-bond donors (Lipinski definition) is 2. The predicted molar refractivity (Wildman–Crippen MR) is 50.5 cm³/mol. The minimum absolute atomic E-state index is 0.271. The Balaban J connectivity index is 2.86. The Bertz CT molecular complexity index is 283. The maximum Gasteiger partial charge on any atom is 0.707 e. The molecule has 0 fully saturated rings. The summed E-state index contributed by atoms with van der Waals surface area (Å²) in [6.45, 7) is 0.